The van der Waals surface area contributed by atoms with Gasteiger partial charge in [-0.25, -0.2) is 8.78 Å². The maximum atomic E-state index is 14.0. The number of rotatable bonds is 2. The van der Waals surface area contributed by atoms with Gasteiger partial charge in [0.2, 0.25) is 0 Å². The molecule has 1 aliphatic carbocycles. The quantitative estimate of drug-likeness (QED) is 0.800. The number of fused-ring (bicyclic) bond motifs is 1. The van der Waals surface area contributed by atoms with Crippen molar-refractivity contribution in [3.05, 3.63) is 63.1 Å². The summed E-state index contributed by atoms with van der Waals surface area (Å²) in [7, 11) is 0. The van der Waals surface area contributed by atoms with Crippen LogP contribution in [0, 0.1) is 18.6 Å². The Morgan fingerprint density at radius 1 is 1.20 bits per heavy atom. The summed E-state index contributed by atoms with van der Waals surface area (Å²) in [5.41, 5.74) is 2.77. The molecule has 0 saturated carbocycles. The zero-order valence-electron chi connectivity index (χ0n) is 11.0. The summed E-state index contributed by atoms with van der Waals surface area (Å²) in [5, 5.41) is 3.03. The first kappa shape index (κ1) is 13.6. The van der Waals surface area contributed by atoms with Crippen molar-refractivity contribution >= 4 is 21.6 Å². The van der Waals surface area contributed by atoms with Crippen molar-refractivity contribution in [1.82, 2.24) is 0 Å². The molecular weight excluding hydrogens is 324 g/mol. The van der Waals surface area contributed by atoms with E-state index in [9.17, 15) is 8.78 Å². The summed E-state index contributed by atoms with van der Waals surface area (Å²) in [4.78, 5) is 0. The molecule has 1 aliphatic rings. The molecule has 20 heavy (non-hydrogen) atoms. The maximum Gasteiger partial charge on any atom is 0.152 e. The van der Waals surface area contributed by atoms with Gasteiger partial charge in [-0.1, -0.05) is 28.1 Å². The highest BCUT2D eigenvalue weighted by atomic mass is 79.9. The van der Waals surface area contributed by atoms with Crippen molar-refractivity contribution in [2.45, 2.75) is 25.8 Å². The van der Waals surface area contributed by atoms with Gasteiger partial charge in [0.25, 0.3) is 0 Å². The van der Waals surface area contributed by atoms with E-state index < -0.39 is 11.6 Å². The molecule has 0 spiro atoms. The van der Waals surface area contributed by atoms with Crippen molar-refractivity contribution in [2.24, 2.45) is 0 Å². The summed E-state index contributed by atoms with van der Waals surface area (Å²) >= 11 is 3.44. The molecule has 2 aromatic carbocycles. The van der Waals surface area contributed by atoms with Crippen LogP contribution < -0.4 is 5.32 Å². The zero-order chi connectivity index (χ0) is 14.3. The molecule has 0 aliphatic heterocycles. The van der Waals surface area contributed by atoms with Crippen LogP contribution in [0.3, 0.4) is 0 Å². The van der Waals surface area contributed by atoms with E-state index in [1.807, 2.05) is 12.1 Å². The Bertz CT molecular complexity index is 670. The SMILES string of the molecule is Cc1ccc(F)c(NC2CCc3cc(Br)ccc32)c1F. The molecule has 0 saturated heterocycles. The van der Waals surface area contributed by atoms with Crippen LogP contribution in [0.5, 0.6) is 0 Å². The van der Waals surface area contributed by atoms with Gasteiger partial charge in [-0.05, 0) is 54.7 Å². The van der Waals surface area contributed by atoms with E-state index in [2.05, 4.69) is 27.3 Å². The second-order valence-corrected chi connectivity index (χ2v) is 6.05. The smallest absolute Gasteiger partial charge is 0.152 e. The number of anilines is 1. The predicted octanol–water partition coefficient (Wildman–Crippen LogP) is 5.14. The van der Waals surface area contributed by atoms with E-state index in [4.69, 9.17) is 0 Å². The Kier molecular flexibility index (Phi) is 3.50. The van der Waals surface area contributed by atoms with Gasteiger partial charge in [0.1, 0.15) is 11.5 Å². The first-order chi connectivity index (χ1) is 9.56. The molecule has 0 aromatic heterocycles. The summed E-state index contributed by atoms with van der Waals surface area (Å²) in [6, 6.07) is 8.76. The third kappa shape index (κ3) is 2.33. The molecule has 1 unspecified atom stereocenters. The lowest BCUT2D eigenvalue weighted by molar-refractivity contribution is 0.576. The molecule has 4 heteroatoms. The van der Waals surface area contributed by atoms with Gasteiger partial charge in [-0.3, -0.25) is 0 Å². The van der Waals surface area contributed by atoms with Crippen LogP contribution in [0.2, 0.25) is 0 Å². The minimum absolute atomic E-state index is 0.0224. The first-order valence-electron chi connectivity index (χ1n) is 6.55. The molecule has 1 N–H and O–H groups in total. The van der Waals surface area contributed by atoms with E-state index in [0.717, 1.165) is 22.9 Å². The molecule has 2 aromatic rings. The predicted molar refractivity (Wildman–Crippen MR) is 79.9 cm³/mol. The number of aryl methyl sites for hydroxylation is 2. The number of nitrogens with one attached hydrogen (secondary N) is 1. The number of hydrogen-bond donors (Lipinski definition) is 1. The van der Waals surface area contributed by atoms with Crippen molar-refractivity contribution in [2.75, 3.05) is 5.32 Å². The van der Waals surface area contributed by atoms with Gasteiger partial charge in [-0.15, -0.1) is 0 Å². The highest BCUT2D eigenvalue weighted by Crippen LogP contribution is 2.36. The third-order valence-electron chi connectivity index (χ3n) is 3.79. The van der Waals surface area contributed by atoms with Crippen molar-refractivity contribution in [3.63, 3.8) is 0 Å². The van der Waals surface area contributed by atoms with Crippen LogP contribution in [-0.4, -0.2) is 0 Å². The van der Waals surface area contributed by atoms with Crippen LogP contribution in [0.15, 0.2) is 34.8 Å². The van der Waals surface area contributed by atoms with Gasteiger partial charge in [0, 0.05) is 4.47 Å². The molecule has 0 fully saturated rings. The van der Waals surface area contributed by atoms with Crippen molar-refractivity contribution in [3.8, 4) is 0 Å². The fraction of sp³-hybridized carbons (Fsp3) is 0.250. The van der Waals surface area contributed by atoms with Crippen LogP contribution in [0.25, 0.3) is 0 Å². The van der Waals surface area contributed by atoms with Crippen molar-refractivity contribution in [1.29, 1.82) is 0 Å². The Hall–Kier alpha value is -1.42. The van der Waals surface area contributed by atoms with Crippen LogP contribution in [0.1, 0.15) is 29.2 Å². The van der Waals surface area contributed by atoms with E-state index in [1.165, 1.54) is 17.7 Å². The average Bonchev–Trinajstić information content (AvgIpc) is 2.81. The summed E-state index contributed by atoms with van der Waals surface area (Å²) in [6.07, 6.45) is 1.76. The molecule has 104 valence electrons. The highest BCUT2D eigenvalue weighted by molar-refractivity contribution is 9.10. The third-order valence-corrected chi connectivity index (χ3v) is 4.28. The molecule has 1 nitrogen and oxygen atoms in total. The summed E-state index contributed by atoms with van der Waals surface area (Å²) in [5.74, 6) is -1.05. The van der Waals surface area contributed by atoms with E-state index in [0.29, 0.717) is 5.56 Å². The topological polar surface area (TPSA) is 12.0 Å². The molecule has 0 radical (unpaired) electrons. The maximum absolute atomic E-state index is 14.0. The molecule has 1 atom stereocenters. The van der Waals surface area contributed by atoms with Gasteiger partial charge in [0.05, 0.1) is 6.04 Å². The lowest BCUT2D eigenvalue weighted by Crippen LogP contribution is -2.10. The molecule has 3 rings (SSSR count). The Morgan fingerprint density at radius 2 is 2.00 bits per heavy atom. The number of benzene rings is 2. The minimum Gasteiger partial charge on any atom is -0.373 e. The molecule has 0 bridgehead atoms. The Balaban J connectivity index is 1.93. The average molecular weight is 338 g/mol. The van der Waals surface area contributed by atoms with Gasteiger partial charge in [-0.2, -0.15) is 0 Å². The Morgan fingerprint density at radius 3 is 2.80 bits per heavy atom. The molecular formula is C16H14BrF2N. The monoisotopic (exact) mass is 337 g/mol. The van der Waals surface area contributed by atoms with Gasteiger partial charge >= 0.3 is 0 Å². The summed E-state index contributed by atoms with van der Waals surface area (Å²) < 4.78 is 28.9. The fourth-order valence-electron chi connectivity index (χ4n) is 2.70. The standard InChI is InChI=1S/C16H14BrF2N/c1-9-2-6-13(18)16(15(9)19)20-14-7-3-10-8-11(17)4-5-12(10)14/h2,4-6,8,14,20H,3,7H2,1H3. The second-order valence-electron chi connectivity index (χ2n) is 5.13. The number of hydrogen-bond acceptors (Lipinski definition) is 1. The largest absolute Gasteiger partial charge is 0.373 e. The van der Waals surface area contributed by atoms with Gasteiger partial charge in [0.15, 0.2) is 5.82 Å². The van der Waals surface area contributed by atoms with Gasteiger partial charge < -0.3 is 5.32 Å². The van der Waals surface area contributed by atoms with Crippen LogP contribution in [-0.2, 0) is 6.42 Å². The fourth-order valence-corrected chi connectivity index (χ4v) is 3.11. The van der Waals surface area contributed by atoms with Crippen LogP contribution in [0.4, 0.5) is 14.5 Å². The van der Waals surface area contributed by atoms with E-state index in [1.54, 1.807) is 6.92 Å². The van der Waals surface area contributed by atoms with Crippen LogP contribution >= 0.6 is 15.9 Å². The lowest BCUT2D eigenvalue weighted by atomic mass is 10.1. The minimum atomic E-state index is -0.543. The lowest BCUT2D eigenvalue weighted by Gasteiger charge is -2.17. The molecule has 0 amide bonds. The highest BCUT2D eigenvalue weighted by Gasteiger charge is 2.24. The van der Waals surface area contributed by atoms with Crippen molar-refractivity contribution < 1.29 is 8.78 Å². The normalized spacial score (nSPS) is 17.1. The first-order valence-corrected chi connectivity index (χ1v) is 7.35. The van der Waals surface area contributed by atoms with E-state index >= 15 is 0 Å². The second kappa shape index (κ2) is 5.17. The zero-order valence-corrected chi connectivity index (χ0v) is 12.6. The van der Waals surface area contributed by atoms with E-state index in [-0.39, 0.29) is 11.7 Å². The molecule has 0 heterocycles. The Labute approximate surface area is 125 Å². The number of halogens is 3. The summed E-state index contributed by atoms with van der Waals surface area (Å²) in [6.45, 7) is 1.64.